The molecular formula is C9H7ClN2OS. The van der Waals surface area contributed by atoms with Gasteiger partial charge in [-0.2, -0.15) is 0 Å². The van der Waals surface area contributed by atoms with Gasteiger partial charge in [-0.1, -0.05) is 6.07 Å². The van der Waals surface area contributed by atoms with Crippen molar-refractivity contribution in [3.8, 4) is 10.7 Å². The summed E-state index contributed by atoms with van der Waals surface area (Å²) >= 11 is 7.15. The highest BCUT2D eigenvalue weighted by Gasteiger charge is 2.03. The Bertz CT molecular complexity index is 478. The van der Waals surface area contributed by atoms with Gasteiger partial charge in [-0.25, -0.2) is 4.98 Å². The van der Waals surface area contributed by atoms with Crippen molar-refractivity contribution in [2.24, 2.45) is 0 Å². The van der Waals surface area contributed by atoms with Gasteiger partial charge in [-0.05, 0) is 11.4 Å². The molecule has 0 bridgehead atoms. The first-order valence-corrected chi connectivity index (χ1v) is 5.41. The van der Waals surface area contributed by atoms with Gasteiger partial charge in [0.2, 0.25) is 0 Å². The Labute approximate surface area is 89.4 Å². The van der Waals surface area contributed by atoms with Crippen LogP contribution in [-0.4, -0.2) is 9.97 Å². The molecule has 0 radical (unpaired) electrons. The smallest absolute Gasteiger partial charge is 0.251 e. The first-order valence-electron chi connectivity index (χ1n) is 3.99. The summed E-state index contributed by atoms with van der Waals surface area (Å²) < 4.78 is 0. The second-order valence-electron chi connectivity index (χ2n) is 2.70. The molecule has 2 heterocycles. The second-order valence-corrected chi connectivity index (χ2v) is 3.91. The summed E-state index contributed by atoms with van der Waals surface area (Å²) in [6.45, 7) is 0. The minimum Gasteiger partial charge on any atom is -0.306 e. The molecule has 0 aliphatic heterocycles. The van der Waals surface area contributed by atoms with Gasteiger partial charge >= 0.3 is 0 Å². The van der Waals surface area contributed by atoms with Crippen LogP contribution in [0, 0.1) is 0 Å². The molecule has 0 unspecified atom stereocenters. The molecule has 0 amide bonds. The fourth-order valence-electron chi connectivity index (χ4n) is 1.11. The number of aromatic nitrogens is 2. The van der Waals surface area contributed by atoms with Crippen LogP contribution in [0.5, 0.6) is 0 Å². The summed E-state index contributed by atoms with van der Waals surface area (Å²) in [6, 6.07) is 5.22. The lowest BCUT2D eigenvalue weighted by molar-refractivity contribution is 1.06. The van der Waals surface area contributed by atoms with Crippen LogP contribution < -0.4 is 5.56 Å². The molecule has 0 fully saturated rings. The maximum Gasteiger partial charge on any atom is 0.251 e. The van der Waals surface area contributed by atoms with Crippen LogP contribution in [0.2, 0.25) is 0 Å². The monoisotopic (exact) mass is 226 g/mol. The highest BCUT2D eigenvalue weighted by Crippen LogP contribution is 2.19. The molecule has 0 aromatic carbocycles. The van der Waals surface area contributed by atoms with Crippen molar-refractivity contribution in [1.82, 2.24) is 9.97 Å². The molecule has 0 saturated heterocycles. The molecule has 5 heteroatoms. The number of alkyl halides is 1. The largest absolute Gasteiger partial charge is 0.306 e. The minimum atomic E-state index is -0.168. The SMILES string of the molecule is O=c1cc(CCl)nc(-c2cccs2)[nH]1. The van der Waals surface area contributed by atoms with Crippen LogP contribution in [0.4, 0.5) is 0 Å². The van der Waals surface area contributed by atoms with E-state index in [4.69, 9.17) is 11.6 Å². The van der Waals surface area contributed by atoms with E-state index in [9.17, 15) is 4.79 Å². The number of nitrogens with one attached hydrogen (secondary N) is 1. The van der Waals surface area contributed by atoms with Gasteiger partial charge in [0, 0.05) is 6.07 Å². The van der Waals surface area contributed by atoms with Gasteiger partial charge in [0.15, 0.2) is 5.82 Å². The van der Waals surface area contributed by atoms with Crippen molar-refractivity contribution in [3.05, 3.63) is 39.6 Å². The zero-order valence-corrected chi connectivity index (χ0v) is 8.73. The molecule has 2 aromatic rings. The van der Waals surface area contributed by atoms with E-state index in [1.807, 2.05) is 17.5 Å². The predicted molar refractivity (Wildman–Crippen MR) is 57.7 cm³/mol. The van der Waals surface area contributed by atoms with Gasteiger partial charge < -0.3 is 4.98 Å². The average molecular weight is 227 g/mol. The summed E-state index contributed by atoms with van der Waals surface area (Å²) in [5, 5.41) is 1.93. The molecule has 3 nitrogen and oxygen atoms in total. The van der Waals surface area contributed by atoms with Gasteiger partial charge in [0.05, 0.1) is 16.5 Å². The van der Waals surface area contributed by atoms with E-state index in [-0.39, 0.29) is 11.4 Å². The number of rotatable bonds is 2. The number of aromatic amines is 1. The van der Waals surface area contributed by atoms with E-state index >= 15 is 0 Å². The first-order chi connectivity index (χ1) is 6.79. The summed E-state index contributed by atoms with van der Waals surface area (Å²) in [6.07, 6.45) is 0. The Balaban J connectivity index is 2.54. The first kappa shape index (κ1) is 9.43. The minimum absolute atomic E-state index is 0.168. The number of hydrogen-bond acceptors (Lipinski definition) is 3. The number of halogens is 1. The molecule has 14 heavy (non-hydrogen) atoms. The Morgan fingerprint density at radius 3 is 3.07 bits per heavy atom. The van der Waals surface area contributed by atoms with Crippen LogP contribution in [0.15, 0.2) is 28.4 Å². The highest BCUT2D eigenvalue weighted by atomic mass is 35.5. The number of hydrogen-bond donors (Lipinski definition) is 1. The molecule has 0 aliphatic rings. The van der Waals surface area contributed by atoms with E-state index < -0.39 is 0 Å². The Morgan fingerprint density at radius 1 is 1.57 bits per heavy atom. The van der Waals surface area contributed by atoms with E-state index in [2.05, 4.69) is 9.97 Å². The van der Waals surface area contributed by atoms with Crippen LogP contribution in [0.25, 0.3) is 10.7 Å². The highest BCUT2D eigenvalue weighted by molar-refractivity contribution is 7.13. The van der Waals surface area contributed by atoms with Gasteiger partial charge in [-0.3, -0.25) is 4.79 Å². The molecule has 2 rings (SSSR count). The van der Waals surface area contributed by atoms with Crippen LogP contribution >= 0.6 is 22.9 Å². The van der Waals surface area contributed by atoms with E-state index in [1.54, 1.807) is 0 Å². The number of thiophene rings is 1. The lowest BCUT2D eigenvalue weighted by Crippen LogP contribution is -2.09. The Morgan fingerprint density at radius 2 is 2.43 bits per heavy atom. The van der Waals surface area contributed by atoms with Crippen molar-refractivity contribution < 1.29 is 0 Å². The number of nitrogens with zero attached hydrogens (tertiary/aromatic N) is 1. The van der Waals surface area contributed by atoms with Gasteiger partial charge in [0.25, 0.3) is 5.56 Å². The van der Waals surface area contributed by atoms with E-state index in [0.29, 0.717) is 11.5 Å². The van der Waals surface area contributed by atoms with Crippen molar-refractivity contribution >= 4 is 22.9 Å². The summed E-state index contributed by atoms with van der Waals surface area (Å²) in [5.41, 5.74) is 0.429. The summed E-state index contributed by atoms with van der Waals surface area (Å²) in [4.78, 5) is 19.0. The van der Waals surface area contributed by atoms with Crippen molar-refractivity contribution in [2.75, 3.05) is 0 Å². The summed E-state index contributed by atoms with van der Waals surface area (Å²) in [5.74, 6) is 0.839. The third kappa shape index (κ3) is 1.86. The fourth-order valence-corrected chi connectivity index (χ4v) is 1.91. The molecular weight excluding hydrogens is 220 g/mol. The van der Waals surface area contributed by atoms with Crippen molar-refractivity contribution in [2.45, 2.75) is 5.88 Å². The van der Waals surface area contributed by atoms with Crippen LogP contribution in [0.1, 0.15) is 5.69 Å². The topological polar surface area (TPSA) is 45.8 Å². The van der Waals surface area contributed by atoms with Crippen molar-refractivity contribution in [1.29, 1.82) is 0 Å². The molecule has 0 spiro atoms. The lowest BCUT2D eigenvalue weighted by Gasteiger charge is -1.98. The molecule has 0 saturated carbocycles. The molecule has 0 aliphatic carbocycles. The normalized spacial score (nSPS) is 10.4. The molecule has 72 valence electrons. The summed E-state index contributed by atoms with van der Waals surface area (Å²) in [7, 11) is 0. The zero-order valence-electron chi connectivity index (χ0n) is 7.16. The maximum atomic E-state index is 11.2. The Hall–Kier alpha value is -1.13. The fraction of sp³-hybridized carbons (Fsp3) is 0.111. The second kappa shape index (κ2) is 3.94. The molecule has 1 N–H and O–H groups in total. The van der Waals surface area contributed by atoms with Crippen LogP contribution in [0.3, 0.4) is 0 Å². The molecule has 0 atom stereocenters. The molecule has 2 aromatic heterocycles. The average Bonchev–Trinajstić information content (AvgIpc) is 2.69. The predicted octanol–water partition coefficient (Wildman–Crippen LogP) is 2.24. The van der Waals surface area contributed by atoms with Crippen LogP contribution in [-0.2, 0) is 5.88 Å². The van der Waals surface area contributed by atoms with E-state index in [1.165, 1.54) is 17.4 Å². The number of H-pyrrole nitrogens is 1. The van der Waals surface area contributed by atoms with E-state index in [0.717, 1.165) is 4.88 Å². The van der Waals surface area contributed by atoms with Crippen molar-refractivity contribution in [3.63, 3.8) is 0 Å². The maximum absolute atomic E-state index is 11.2. The third-order valence-corrected chi connectivity index (χ3v) is 2.84. The zero-order chi connectivity index (χ0) is 9.97. The Kier molecular flexibility index (Phi) is 2.65. The standard InChI is InChI=1S/C9H7ClN2OS/c10-5-6-4-8(13)12-9(11-6)7-2-1-3-14-7/h1-4H,5H2,(H,11,12,13). The third-order valence-electron chi connectivity index (χ3n) is 1.69. The quantitative estimate of drug-likeness (QED) is 0.799. The van der Waals surface area contributed by atoms with Gasteiger partial charge in [-0.15, -0.1) is 22.9 Å². The van der Waals surface area contributed by atoms with Gasteiger partial charge in [0.1, 0.15) is 0 Å². The lowest BCUT2D eigenvalue weighted by atomic mass is 10.4.